The molecule has 4 nitrogen and oxygen atoms in total. The molecule has 91 valence electrons. The monoisotopic (exact) mass is 305 g/mol. The first-order valence-corrected chi connectivity index (χ1v) is 5.50. The van der Waals surface area contributed by atoms with Crippen LogP contribution in [-0.2, 0) is 52.1 Å². The molecule has 0 saturated carbocycles. The van der Waals surface area contributed by atoms with Gasteiger partial charge in [0.1, 0.15) is 12.2 Å². The third-order valence-electron chi connectivity index (χ3n) is 2.20. The third-order valence-corrected chi connectivity index (χ3v) is 2.20. The Kier molecular flexibility index (Phi) is 13.6. The van der Waals surface area contributed by atoms with E-state index < -0.39 is 5.97 Å². The Morgan fingerprint density at radius 3 is 2.12 bits per heavy atom. The minimum Gasteiger partial charge on any atom is -0.299 e. The number of carbonyl (C=O) groups excluding carboxylic acids is 2. The Morgan fingerprint density at radius 1 is 1.12 bits per heavy atom. The molecule has 16 heavy (non-hydrogen) atoms. The summed E-state index contributed by atoms with van der Waals surface area (Å²) < 4.78 is 0. The molecule has 0 spiro atoms. The van der Waals surface area contributed by atoms with Gasteiger partial charge in [0.15, 0.2) is 0 Å². The van der Waals surface area contributed by atoms with Crippen molar-refractivity contribution >= 4 is 11.8 Å². The van der Waals surface area contributed by atoms with Crippen molar-refractivity contribution in [2.24, 2.45) is 5.92 Å². The van der Waals surface area contributed by atoms with E-state index in [0.29, 0.717) is 6.61 Å². The van der Waals surface area contributed by atoms with Gasteiger partial charge in [-0.3, -0.25) is 9.68 Å². The molecule has 0 aromatic heterocycles. The molecular weight excluding hydrogens is 285 g/mol. The Hall–Kier alpha value is 0.204. The van der Waals surface area contributed by atoms with Crippen LogP contribution in [0, 0.1) is 5.92 Å². The van der Waals surface area contributed by atoms with Crippen LogP contribution < -0.4 is 0 Å². The molecule has 0 rings (SSSR count). The van der Waals surface area contributed by atoms with Gasteiger partial charge in [-0.15, -0.1) is 0 Å². The Labute approximate surface area is 122 Å². The van der Waals surface area contributed by atoms with E-state index in [1.807, 2.05) is 20.8 Å². The molecule has 0 amide bonds. The fraction of sp³-hybridized carbons (Fsp3) is 0.818. The molecule has 0 atom stereocenters. The summed E-state index contributed by atoms with van der Waals surface area (Å²) in [4.78, 5) is 31.6. The second-order valence-corrected chi connectivity index (χ2v) is 3.43. The number of carbonyl (C=O) groups is 2. The summed E-state index contributed by atoms with van der Waals surface area (Å²) in [5.74, 6) is -0.700. The molecule has 0 aromatic carbocycles. The van der Waals surface area contributed by atoms with Crippen LogP contribution in [0.5, 0.6) is 0 Å². The molecule has 0 aliphatic rings. The molecule has 5 heteroatoms. The summed E-state index contributed by atoms with van der Waals surface area (Å²) in [6.07, 6.45) is 2.11. The van der Waals surface area contributed by atoms with Gasteiger partial charge in [0.2, 0.25) is 0 Å². The van der Waals surface area contributed by atoms with Crippen molar-refractivity contribution in [1.29, 1.82) is 0 Å². The average Bonchev–Trinajstić information content (AvgIpc) is 2.20. The van der Waals surface area contributed by atoms with Crippen molar-refractivity contribution in [3.05, 3.63) is 0 Å². The van der Waals surface area contributed by atoms with E-state index in [0.717, 1.165) is 19.3 Å². The molecule has 0 aliphatic heterocycles. The van der Waals surface area contributed by atoms with Crippen molar-refractivity contribution in [3.63, 3.8) is 0 Å². The van der Waals surface area contributed by atoms with Gasteiger partial charge >= 0.3 is 5.97 Å². The standard InChI is InChI=1S/C11H20O4.Y/c1-4-7-14-15-11(13)8-10(12)9(5-2)6-3;/h9H,4-8H2,1-3H3;. The summed E-state index contributed by atoms with van der Waals surface area (Å²) >= 11 is 0. The number of hydrogen-bond donors (Lipinski definition) is 0. The Morgan fingerprint density at radius 2 is 1.69 bits per heavy atom. The Bertz CT molecular complexity index is 202. The SMILES string of the molecule is CCCOOC(=O)CC(=O)C(CC)CC.[Y]. The van der Waals surface area contributed by atoms with Crippen LogP contribution in [0.25, 0.3) is 0 Å². The third kappa shape index (κ3) is 8.37. The van der Waals surface area contributed by atoms with Crippen LogP contribution in [0.4, 0.5) is 0 Å². The van der Waals surface area contributed by atoms with Gasteiger partial charge in [-0.05, 0) is 19.3 Å². The number of hydrogen-bond acceptors (Lipinski definition) is 4. The van der Waals surface area contributed by atoms with E-state index in [9.17, 15) is 9.59 Å². The van der Waals surface area contributed by atoms with E-state index in [1.54, 1.807) is 0 Å². The van der Waals surface area contributed by atoms with Gasteiger partial charge in [0, 0.05) is 38.6 Å². The zero-order valence-corrected chi connectivity index (χ0v) is 13.2. The fourth-order valence-corrected chi connectivity index (χ4v) is 1.25. The average molecular weight is 305 g/mol. The minimum absolute atomic E-state index is 0. The van der Waals surface area contributed by atoms with Gasteiger partial charge in [0.25, 0.3) is 0 Å². The normalized spacial score (nSPS) is 9.75. The van der Waals surface area contributed by atoms with Crippen molar-refractivity contribution in [1.82, 2.24) is 0 Å². The fourth-order valence-electron chi connectivity index (χ4n) is 1.25. The zero-order chi connectivity index (χ0) is 11.7. The van der Waals surface area contributed by atoms with Crippen LogP contribution in [0.2, 0.25) is 0 Å². The molecule has 0 fully saturated rings. The number of Topliss-reactive ketones (excluding diaryl/α,β-unsaturated/α-hetero) is 1. The molecule has 0 aliphatic carbocycles. The van der Waals surface area contributed by atoms with Crippen molar-refractivity contribution in [3.8, 4) is 0 Å². The van der Waals surface area contributed by atoms with Crippen molar-refractivity contribution in [2.75, 3.05) is 6.61 Å². The summed E-state index contributed by atoms with van der Waals surface area (Å²) in [6.45, 7) is 6.14. The van der Waals surface area contributed by atoms with Crippen LogP contribution in [0.1, 0.15) is 46.5 Å². The minimum atomic E-state index is -0.597. The molecule has 1 radical (unpaired) electrons. The largest absolute Gasteiger partial charge is 0.349 e. The second kappa shape index (κ2) is 11.7. The topological polar surface area (TPSA) is 52.6 Å². The predicted octanol–water partition coefficient (Wildman–Crippen LogP) is 2.26. The molecule has 0 heterocycles. The van der Waals surface area contributed by atoms with Crippen LogP contribution in [-0.4, -0.2) is 18.4 Å². The Balaban J connectivity index is 0. The van der Waals surface area contributed by atoms with Gasteiger partial charge in [0.05, 0.1) is 6.61 Å². The maximum absolute atomic E-state index is 11.5. The number of ketones is 1. The maximum atomic E-state index is 11.5. The molecule has 0 N–H and O–H groups in total. The first-order chi connectivity index (χ1) is 7.15. The molecule has 0 saturated heterocycles. The quantitative estimate of drug-likeness (QED) is 0.299. The van der Waals surface area contributed by atoms with Crippen LogP contribution in [0.3, 0.4) is 0 Å². The zero-order valence-electron chi connectivity index (χ0n) is 10.3. The van der Waals surface area contributed by atoms with E-state index >= 15 is 0 Å². The summed E-state index contributed by atoms with van der Waals surface area (Å²) in [5, 5.41) is 0. The van der Waals surface area contributed by atoms with E-state index in [4.69, 9.17) is 0 Å². The van der Waals surface area contributed by atoms with Crippen molar-refractivity contribution < 1.29 is 52.1 Å². The van der Waals surface area contributed by atoms with Gasteiger partial charge in [-0.25, -0.2) is 4.79 Å². The smallest absolute Gasteiger partial charge is 0.299 e. The molecule has 0 bridgehead atoms. The van der Waals surface area contributed by atoms with Gasteiger partial charge in [-0.1, -0.05) is 20.8 Å². The van der Waals surface area contributed by atoms with E-state index in [1.165, 1.54) is 0 Å². The van der Waals surface area contributed by atoms with E-state index in [-0.39, 0.29) is 50.8 Å². The van der Waals surface area contributed by atoms with Crippen molar-refractivity contribution in [2.45, 2.75) is 46.5 Å². The second-order valence-electron chi connectivity index (χ2n) is 3.43. The molecule has 0 unspecified atom stereocenters. The maximum Gasteiger partial charge on any atom is 0.349 e. The van der Waals surface area contributed by atoms with E-state index in [2.05, 4.69) is 9.78 Å². The number of rotatable bonds is 8. The molecular formula is C11H20O4Y. The first kappa shape index (κ1) is 18.6. The van der Waals surface area contributed by atoms with Gasteiger partial charge < -0.3 is 0 Å². The van der Waals surface area contributed by atoms with Gasteiger partial charge in [-0.2, -0.15) is 4.89 Å². The van der Waals surface area contributed by atoms with Crippen LogP contribution >= 0.6 is 0 Å². The predicted molar refractivity (Wildman–Crippen MR) is 56.0 cm³/mol. The summed E-state index contributed by atoms with van der Waals surface area (Å²) in [7, 11) is 0. The summed E-state index contributed by atoms with van der Waals surface area (Å²) in [6, 6.07) is 0. The summed E-state index contributed by atoms with van der Waals surface area (Å²) in [5.41, 5.74) is 0. The molecule has 0 aromatic rings. The van der Waals surface area contributed by atoms with Crippen LogP contribution in [0.15, 0.2) is 0 Å². The first-order valence-electron chi connectivity index (χ1n) is 5.50.